The van der Waals surface area contributed by atoms with E-state index in [4.69, 9.17) is 9.47 Å². The van der Waals surface area contributed by atoms with Gasteiger partial charge < -0.3 is 14.0 Å². The molecule has 1 aromatic heterocycles. The van der Waals surface area contributed by atoms with Crippen LogP contribution in [-0.2, 0) is 36.2 Å². The molecule has 2 aromatic carbocycles. The van der Waals surface area contributed by atoms with Crippen molar-refractivity contribution in [1.82, 2.24) is 15.0 Å². The maximum Gasteiger partial charge on any atom is 0.308 e. The summed E-state index contributed by atoms with van der Waals surface area (Å²) in [6.07, 6.45) is 7.51. The van der Waals surface area contributed by atoms with E-state index in [9.17, 15) is 9.59 Å². The Morgan fingerprint density at radius 3 is 2.51 bits per heavy atom. The highest BCUT2D eigenvalue weighted by Crippen LogP contribution is 2.35. The van der Waals surface area contributed by atoms with E-state index in [-0.39, 0.29) is 20.1 Å². The Hall–Kier alpha value is -3.52. The fraction of sp³-hybridized carbons (Fsp3) is 0.515. The van der Waals surface area contributed by atoms with Gasteiger partial charge in [-0.3, -0.25) is 14.3 Å². The van der Waals surface area contributed by atoms with Gasteiger partial charge in [-0.15, -0.1) is 5.10 Å². The van der Waals surface area contributed by atoms with Gasteiger partial charge in [-0.1, -0.05) is 44.2 Å². The van der Waals surface area contributed by atoms with Gasteiger partial charge in [-0.2, -0.15) is 0 Å². The lowest BCUT2D eigenvalue weighted by Gasteiger charge is -2.47. The highest BCUT2D eigenvalue weighted by Gasteiger charge is 2.43. The number of rotatable bonds is 12. The number of likely N-dealkylation sites (tertiary alicyclic amines) is 1. The van der Waals surface area contributed by atoms with E-state index in [0.717, 1.165) is 67.3 Å². The number of nitrogens with zero attached hydrogens (tertiary/aromatic N) is 4. The largest absolute Gasteiger partial charge is 0.483 e. The lowest BCUT2D eigenvalue weighted by Crippen LogP contribution is -2.61. The summed E-state index contributed by atoms with van der Waals surface area (Å²) in [6.45, 7) is 10.7. The van der Waals surface area contributed by atoms with Gasteiger partial charge >= 0.3 is 5.97 Å². The Labute approximate surface area is 245 Å². The average Bonchev–Trinajstić information content (AvgIpc) is 3.34. The number of piperidine rings is 1. The lowest BCUT2D eigenvalue weighted by molar-refractivity contribution is -0.959. The molecule has 2 heterocycles. The van der Waals surface area contributed by atoms with Crippen LogP contribution in [0.1, 0.15) is 81.3 Å². The number of Topliss-reactive ketones (excluding diaryl/α,β-unsaturated/α-hetero) is 1. The van der Waals surface area contributed by atoms with E-state index in [2.05, 4.69) is 49.3 Å². The highest BCUT2D eigenvalue weighted by molar-refractivity contribution is 5.85. The first-order valence-electron chi connectivity index (χ1n) is 14.4. The summed E-state index contributed by atoms with van der Waals surface area (Å²) in [4.78, 5) is 25.8. The van der Waals surface area contributed by atoms with E-state index in [1.165, 1.54) is 18.1 Å². The first-order valence-corrected chi connectivity index (χ1v) is 14.4. The maximum absolute atomic E-state index is 14.0. The third-order valence-corrected chi connectivity index (χ3v) is 8.10. The number of quaternary nitrogens is 1. The zero-order valence-corrected chi connectivity index (χ0v) is 24.6. The Kier molecular flexibility index (Phi) is 11.2. The highest BCUT2D eigenvalue weighted by atomic mass is 16.6. The molecule has 1 fully saturated rings. The van der Waals surface area contributed by atoms with Crippen LogP contribution in [0.25, 0.3) is 0 Å². The van der Waals surface area contributed by atoms with E-state index in [0.29, 0.717) is 29.4 Å². The predicted molar refractivity (Wildman–Crippen MR) is 161 cm³/mol. The quantitative estimate of drug-likeness (QED) is 0.151. The molecule has 0 aliphatic carbocycles. The van der Waals surface area contributed by atoms with Gasteiger partial charge in [0.15, 0.2) is 17.3 Å². The summed E-state index contributed by atoms with van der Waals surface area (Å²) in [5, 5.41) is 8.06. The zero-order chi connectivity index (χ0) is 28.7. The Balaban J connectivity index is 0.00000462. The van der Waals surface area contributed by atoms with Crippen molar-refractivity contribution in [2.45, 2.75) is 92.8 Å². The van der Waals surface area contributed by atoms with Crippen molar-refractivity contribution < 1.29 is 23.5 Å². The minimum Gasteiger partial charge on any atom is -0.483 e. The number of ether oxygens (including phenoxy) is 2. The van der Waals surface area contributed by atoms with Crippen molar-refractivity contribution >= 4 is 11.8 Å². The molecule has 2 unspecified atom stereocenters. The van der Waals surface area contributed by atoms with Gasteiger partial charge in [-0.25, -0.2) is 0 Å². The molecular formula is C33H47N4O4+. The number of hydrogen-bond acceptors (Lipinski definition) is 6. The SMILES string of the molecule is C.CCCC[N+]1(Cc2ccc(OC(C)=O)c(OCc3cn(C)nn3)c2)CCCCC1C(=O)Cc1c(C)cccc1C. The number of benzene rings is 2. The van der Waals surface area contributed by atoms with Gasteiger partial charge in [0.1, 0.15) is 24.9 Å². The van der Waals surface area contributed by atoms with Crippen molar-refractivity contribution in [3.8, 4) is 11.5 Å². The number of aromatic nitrogens is 3. The summed E-state index contributed by atoms with van der Waals surface area (Å²) >= 11 is 0. The maximum atomic E-state index is 14.0. The number of carbonyl (C=O) groups is 2. The van der Waals surface area contributed by atoms with Crippen molar-refractivity contribution in [3.05, 3.63) is 70.5 Å². The molecule has 0 spiro atoms. The fourth-order valence-corrected chi connectivity index (χ4v) is 6.07. The van der Waals surface area contributed by atoms with Gasteiger partial charge in [0.05, 0.1) is 19.3 Å². The molecular weight excluding hydrogens is 516 g/mol. The Bertz CT molecular complexity index is 1310. The first kappa shape index (κ1) is 32.0. The molecule has 0 saturated carbocycles. The molecule has 0 radical (unpaired) electrons. The molecule has 41 heavy (non-hydrogen) atoms. The Morgan fingerprint density at radius 1 is 1.10 bits per heavy atom. The normalized spacial score (nSPS) is 18.4. The molecule has 1 aliphatic rings. The standard InChI is InChI=1S/C32H43N4O4.CH4/c1-6-7-16-36(17-9-8-13-29(36)30(38)19-28-23(2)11-10-12-24(28)3)21-26-14-15-31(40-25(4)37)32(18-26)39-22-27-20-35(5)34-33-27;/h10-12,14-15,18,20,29H,6-9,13,16-17,19,21-22H2,1-5H3;1H4/q+1;. The molecule has 1 aliphatic heterocycles. The average molecular weight is 564 g/mol. The van der Waals surface area contributed by atoms with Crippen LogP contribution in [-0.4, -0.2) is 50.4 Å². The van der Waals surface area contributed by atoms with Gasteiger partial charge in [0, 0.05) is 32.4 Å². The summed E-state index contributed by atoms with van der Waals surface area (Å²) in [5.74, 6) is 0.796. The van der Waals surface area contributed by atoms with E-state index >= 15 is 0 Å². The van der Waals surface area contributed by atoms with E-state index in [1.54, 1.807) is 24.0 Å². The van der Waals surface area contributed by atoms with Crippen molar-refractivity contribution in [2.75, 3.05) is 13.1 Å². The molecule has 1 saturated heterocycles. The number of esters is 1. The predicted octanol–water partition coefficient (Wildman–Crippen LogP) is 6.05. The third kappa shape index (κ3) is 8.03. The number of carbonyl (C=O) groups excluding carboxylic acids is 2. The number of hydrogen-bond donors (Lipinski definition) is 0. The molecule has 0 bridgehead atoms. The number of unbranched alkanes of at least 4 members (excludes halogenated alkanes) is 1. The van der Waals surface area contributed by atoms with E-state index in [1.807, 2.05) is 12.1 Å². The molecule has 4 rings (SSSR count). The first-order chi connectivity index (χ1) is 19.2. The molecule has 0 amide bonds. The summed E-state index contributed by atoms with van der Waals surface area (Å²) < 4.78 is 13.9. The molecule has 0 N–H and O–H groups in total. The summed E-state index contributed by atoms with van der Waals surface area (Å²) in [7, 11) is 1.80. The molecule has 222 valence electrons. The van der Waals surface area contributed by atoms with Crippen LogP contribution in [0.5, 0.6) is 11.5 Å². The Morgan fingerprint density at radius 2 is 1.85 bits per heavy atom. The second-order valence-electron chi connectivity index (χ2n) is 11.2. The van der Waals surface area contributed by atoms with Crippen molar-refractivity contribution in [3.63, 3.8) is 0 Å². The van der Waals surface area contributed by atoms with Gasteiger partial charge in [0.25, 0.3) is 0 Å². The lowest BCUT2D eigenvalue weighted by atomic mass is 9.88. The number of ketones is 1. The van der Waals surface area contributed by atoms with Crippen LogP contribution in [0.15, 0.2) is 42.6 Å². The van der Waals surface area contributed by atoms with E-state index < -0.39 is 5.97 Å². The monoisotopic (exact) mass is 563 g/mol. The zero-order valence-electron chi connectivity index (χ0n) is 24.6. The molecule has 8 nitrogen and oxygen atoms in total. The smallest absolute Gasteiger partial charge is 0.308 e. The van der Waals surface area contributed by atoms with Crippen LogP contribution in [0.4, 0.5) is 0 Å². The summed E-state index contributed by atoms with van der Waals surface area (Å²) in [6, 6.07) is 12.0. The van der Waals surface area contributed by atoms with Crippen molar-refractivity contribution in [1.29, 1.82) is 0 Å². The van der Waals surface area contributed by atoms with Crippen LogP contribution in [0.3, 0.4) is 0 Å². The van der Waals surface area contributed by atoms with Crippen molar-refractivity contribution in [2.24, 2.45) is 7.05 Å². The van der Waals surface area contributed by atoms with Crippen LogP contribution >= 0.6 is 0 Å². The minimum atomic E-state index is -0.406. The summed E-state index contributed by atoms with van der Waals surface area (Å²) in [5.41, 5.74) is 5.27. The third-order valence-electron chi connectivity index (χ3n) is 8.10. The van der Waals surface area contributed by atoms with Gasteiger partial charge in [-0.05, 0) is 68.0 Å². The number of aryl methyl sites for hydroxylation is 3. The van der Waals surface area contributed by atoms with Gasteiger partial charge in [0.2, 0.25) is 0 Å². The molecule has 3 aromatic rings. The van der Waals surface area contributed by atoms with Crippen LogP contribution in [0.2, 0.25) is 0 Å². The van der Waals surface area contributed by atoms with Crippen LogP contribution in [0, 0.1) is 13.8 Å². The van der Waals surface area contributed by atoms with Crippen LogP contribution < -0.4 is 9.47 Å². The minimum absolute atomic E-state index is 0. The fourth-order valence-electron chi connectivity index (χ4n) is 6.07. The molecule has 8 heteroatoms. The second-order valence-corrected chi connectivity index (χ2v) is 11.2. The topological polar surface area (TPSA) is 83.3 Å². The second kappa shape index (κ2) is 14.4. The molecule has 2 atom stereocenters.